The first-order valence-corrected chi connectivity index (χ1v) is 5.42. The van der Waals surface area contributed by atoms with E-state index < -0.39 is 0 Å². The van der Waals surface area contributed by atoms with Crippen LogP contribution in [0.3, 0.4) is 0 Å². The molecule has 0 amide bonds. The summed E-state index contributed by atoms with van der Waals surface area (Å²) >= 11 is 5.90. The maximum atomic E-state index is 13.2. The highest BCUT2D eigenvalue weighted by atomic mass is 35.5. The van der Waals surface area contributed by atoms with Gasteiger partial charge < -0.3 is 9.73 Å². The zero-order valence-electron chi connectivity index (χ0n) is 9.42. The van der Waals surface area contributed by atoms with Crippen molar-refractivity contribution in [3.8, 4) is 0 Å². The predicted molar refractivity (Wildman–Crippen MR) is 62.5 cm³/mol. The Labute approximate surface area is 103 Å². The fourth-order valence-electron chi connectivity index (χ4n) is 1.37. The van der Waals surface area contributed by atoms with Gasteiger partial charge in [0.2, 0.25) is 11.8 Å². The zero-order valence-corrected chi connectivity index (χ0v) is 10.2. The first-order valence-electron chi connectivity index (χ1n) is 5.05. The normalized spacial score (nSPS) is 10.6. The lowest BCUT2D eigenvalue weighted by molar-refractivity contribution is 0.475. The minimum atomic E-state index is -0.325. The van der Waals surface area contributed by atoms with Crippen LogP contribution in [0.15, 0.2) is 16.5 Å². The molecular weight excluding hydrogens is 245 g/mol. The van der Waals surface area contributed by atoms with Crippen molar-refractivity contribution in [3.63, 3.8) is 0 Å². The number of benzene rings is 1. The second-order valence-corrected chi connectivity index (χ2v) is 4.06. The van der Waals surface area contributed by atoms with Crippen molar-refractivity contribution in [2.75, 3.05) is 5.32 Å². The van der Waals surface area contributed by atoms with E-state index in [1.54, 1.807) is 19.9 Å². The van der Waals surface area contributed by atoms with E-state index in [-0.39, 0.29) is 5.82 Å². The summed E-state index contributed by atoms with van der Waals surface area (Å²) in [5, 5.41) is 10.9. The SMILES string of the molecule is Cc1nnc(CNc2cc(C)c(F)cc2Cl)o1. The molecule has 0 fully saturated rings. The Hall–Kier alpha value is -1.62. The fourth-order valence-corrected chi connectivity index (χ4v) is 1.59. The molecule has 2 aromatic rings. The van der Waals surface area contributed by atoms with Crippen molar-refractivity contribution in [1.82, 2.24) is 10.2 Å². The Morgan fingerprint density at radius 3 is 2.76 bits per heavy atom. The van der Waals surface area contributed by atoms with Crippen LogP contribution in [-0.4, -0.2) is 10.2 Å². The molecule has 0 aliphatic carbocycles. The number of hydrogen-bond donors (Lipinski definition) is 1. The molecule has 1 N–H and O–H groups in total. The maximum Gasteiger partial charge on any atom is 0.235 e. The summed E-state index contributed by atoms with van der Waals surface area (Å²) in [6.07, 6.45) is 0. The summed E-state index contributed by atoms with van der Waals surface area (Å²) in [4.78, 5) is 0. The van der Waals surface area contributed by atoms with Crippen molar-refractivity contribution in [2.45, 2.75) is 20.4 Å². The standard InChI is InChI=1S/C11H11ClFN3O/c1-6-3-10(8(12)4-9(6)13)14-5-11-16-15-7(2)17-11/h3-4,14H,5H2,1-2H3. The first kappa shape index (κ1) is 11.9. The molecular formula is C11H11ClFN3O. The largest absolute Gasteiger partial charge is 0.424 e. The van der Waals surface area contributed by atoms with Gasteiger partial charge in [0.25, 0.3) is 0 Å². The number of rotatable bonds is 3. The van der Waals surface area contributed by atoms with Crippen LogP contribution in [-0.2, 0) is 6.54 Å². The second-order valence-electron chi connectivity index (χ2n) is 3.65. The fraction of sp³-hybridized carbons (Fsp3) is 0.273. The van der Waals surface area contributed by atoms with E-state index in [4.69, 9.17) is 16.0 Å². The molecule has 90 valence electrons. The van der Waals surface area contributed by atoms with Crippen LogP contribution in [0.5, 0.6) is 0 Å². The second kappa shape index (κ2) is 4.71. The van der Waals surface area contributed by atoms with Gasteiger partial charge in [-0.3, -0.25) is 0 Å². The molecule has 4 nitrogen and oxygen atoms in total. The van der Waals surface area contributed by atoms with Crippen LogP contribution in [0.2, 0.25) is 5.02 Å². The molecule has 0 atom stereocenters. The van der Waals surface area contributed by atoms with Crippen LogP contribution < -0.4 is 5.32 Å². The molecule has 1 aromatic carbocycles. The summed E-state index contributed by atoms with van der Waals surface area (Å²) in [5.41, 5.74) is 1.17. The molecule has 17 heavy (non-hydrogen) atoms. The third-order valence-corrected chi connectivity index (χ3v) is 2.56. The van der Waals surface area contributed by atoms with Crippen molar-refractivity contribution in [3.05, 3.63) is 40.3 Å². The number of anilines is 1. The van der Waals surface area contributed by atoms with E-state index in [0.717, 1.165) is 0 Å². The number of halogens is 2. The molecule has 2 rings (SSSR count). The van der Waals surface area contributed by atoms with Gasteiger partial charge in [0, 0.05) is 6.92 Å². The van der Waals surface area contributed by atoms with Gasteiger partial charge in [-0.25, -0.2) is 4.39 Å². The van der Waals surface area contributed by atoms with Gasteiger partial charge in [-0.05, 0) is 24.6 Å². The van der Waals surface area contributed by atoms with E-state index in [9.17, 15) is 4.39 Å². The molecule has 0 spiro atoms. The Kier molecular flexibility index (Phi) is 3.28. The Bertz CT molecular complexity index is 542. The molecule has 0 aliphatic rings. The number of nitrogens with one attached hydrogen (secondary N) is 1. The van der Waals surface area contributed by atoms with Crippen molar-refractivity contribution in [2.24, 2.45) is 0 Å². The molecule has 0 aliphatic heterocycles. The van der Waals surface area contributed by atoms with Crippen LogP contribution in [0.4, 0.5) is 10.1 Å². The van der Waals surface area contributed by atoms with E-state index in [2.05, 4.69) is 15.5 Å². The minimum absolute atomic E-state index is 0.323. The molecule has 6 heteroatoms. The van der Waals surface area contributed by atoms with E-state index >= 15 is 0 Å². The lowest BCUT2D eigenvalue weighted by atomic mass is 10.2. The minimum Gasteiger partial charge on any atom is -0.424 e. The topological polar surface area (TPSA) is 51.0 Å². The molecule has 0 bridgehead atoms. The maximum absolute atomic E-state index is 13.2. The van der Waals surface area contributed by atoms with Gasteiger partial charge in [-0.2, -0.15) is 0 Å². The molecule has 0 saturated heterocycles. The van der Waals surface area contributed by atoms with Gasteiger partial charge in [0.1, 0.15) is 5.82 Å². The highest BCUT2D eigenvalue weighted by molar-refractivity contribution is 6.33. The summed E-state index contributed by atoms with van der Waals surface area (Å²) in [6, 6.07) is 2.92. The molecule has 0 radical (unpaired) electrons. The monoisotopic (exact) mass is 255 g/mol. The van der Waals surface area contributed by atoms with E-state index in [1.165, 1.54) is 6.07 Å². The average molecular weight is 256 g/mol. The van der Waals surface area contributed by atoms with Gasteiger partial charge in [0.05, 0.1) is 17.3 Å². The Morgan fingerprint density at radius 2 is 2.12 bits per heavy atom. The van der Waals surface area contributed by atoms with E-state index in [1.807, 2.05) is 0 Å². The summed E-state index contributed by atoms with van der Waals surface area (Å²) < 4.78 is 18.4. The van der Waals surface area contributed by atoms with Crippen LogP contribution in [0.25, 0.3) is 0 Å². The summed E-state index contributed by atoms with van der Waals surface area (Å²) in [6.45, 7) is 3.74. The summed E-state index contributed by atoms with van der Waals surface area (Å²) in [7, 11) is 0. The van der Waals surface area contributed by atoms with Gasteiger partial charge in [-0.15, -0.1) is 10.2 Å². The third-order valence-electron chi connectivity index (χ3n) is 2.25. The van der Waals surface area contributed by atoms with Crippen LogP contribution in [0, 0.1) is 19.7 Å². The lowest BCUT2D eigenvalue weighted by Gasteiger charge is -2.07. The number of hydrogen-bond acceptors (Lipinski definition) is 4. The molecule has 1 aromatic heterocycles. The van der Waals surface area contributed by atoms with Crippen molar-refractivity contribution >= 4 is 17.3 Å². The summed E-state index contributed by atoms with van der Waals surface area (Å²) in [5.74, 6) is 0.637. The average Bonchev–Trinajstić information content (AvgIpc) is 2.68. The zero-order chi connectivity index (χ0) is 12.4. The van der Waals surface area contributed by atoms with Gasteiger partial charge in [-0.1, -0.05) is 11.6 Å². The quantitative estimate of drug-likeness (QED) is 0.916. The number of aromatic nitrogens is 2. The number of aryl methyl sites for hydroxylation is 2. The number of nitrogens with zero attached hydrogens (tertiary/aromatic N) is 2. The Balaban J connectivity index is 2.11. The molecule has 1 heterocycles. The van der Waals surface area contributed by atoms with Crippen LogP contribution in [0.1, 0.15) is 17.3 Å². The lowest BCUT2D eigenvalue weighted by Crippen LogP contribution is -2.01. The third kappa shape index (κ3) is 2.74. The predicted octanol–water partition coefficient (Wildman–Crippen LogP) is 3.09. The first-order chi connectivity index (χ1) is 8.06. The van der Waals surface area contributed by atoms with Crippen molar-refractivity contribution < 1.29 is 8.81 Å². The molecule has 0 unspecified atom stereocenters. The Morgan fingerprint density at radius 1 is 1.35 bits per heavy atom. The van der Waals surface area contributed by atoms with Gasteiger partial charge >= 0.3 is 0 Å². The smallest absolute Gasteiger partial charge is 0.235 e. The highest BCUT2D eigenvalue weighted by Crippen LogP contribution is 2.25. The van der Waals surface area contributed by atoms with Crippen molar-refractivity contribution in [1.29, 1.82) is 0 Å². The molecule has 0 saturated carbocycles. The van der Waals surface area contributed by atoms with E-state index in [0.29, 0.717) is 34.6 Å². The van der Waals surface area contributed by atoms with Gasteiger partial charge in [0.15, 0.2) is 0 Å². The van der Waals surface area contributed by atoms with Crippen LogP contribution >= 0.6 is 11.6 Å². The highest BCUT2D eigenvalue weighted by Gasteiger charge is 2.07.